The first-order chi connectivity index (χ1) is 12.6. The first-order valence-corrected chi connectivity index (χ1v) is 9.89. The van der Waals surface area contributed by atoms with Gasteiger partial charge in [-0.3, -0.25) is 9.69 Å². The molecule has 1 atom stereocenters. The van der Waals surface area contributed by atoms with E-state index in [2.05, 4.69) is 29.8 Å². The Morgan fingerprint density at radius 2 is 2.04 bits per heavy atom. The molecule has 1 aliphatic heterocycles. The van der Waals surface area contributed by atoms with E-state index in [4.69, 9.17) is 10.4 Å². The van der Waals surface area contributed by atoms with Gasteiger partial charge in [0.1, 0.15) is 5.65 Å². The van der Waals surface area contributed by atoms with Crippen LogP contribution in [0.25, 0.3) is 11.0 Å². The molecule has 1 fully saturated rings. The van der Waals surface area contributed by atoms with Crippen LogP contribution in [-0.2, 0) is 19.4 Å². The van der Waals surface area contributed by atoms with Gasteiger partial charge in [0.15, 0.2) is 0 Å². The molecule has 0 saturated carbocycles. The zero-order chi connectivity index (χ0) is 18.3. The number of aromatic amines is 1. The number of fused-ring (bicyclic) bond motifs is 3. The van der Waals surface area contributed by atoms with E-state index >= 15 is 0 Å². The van der Waals surface area contributed by atoms with Crippen LogP contribution in [0.15, 0.2) is 4.79 Å². The predicted molar refractivity (Wildman–Crippen MR) is 101 cm³/mol. The topological polar surface area (TPSA) is 77.7 Å². The number of hydrogen-bond acceptors (Lipinski definition) is 4. The number of hydrogen-bond donors (Lipinski definition) is 1. The van der Waals surface area contributed by atoms with Gasteiger partial charge in [-0.05, 0) is 64.5 Å². The second kappa shape index (κ2) is 6.88. The zero-order valence-electron chi connectivity index (χ0n) is 15.7. The third-order valence-corrected chi connectivity index (χ3v) is 5.96. The Labute approximate surface area is 153 Å². The van der Waals surface area contributed by atoms with E-state index in [1.807, 2.05) is 4.68 Å². The molecule has 6 heteroatoms. The Kier molecular flexibility index (Phi) is 4.58. The summed E-state index contributed by atoms with van der Waals surface area (Å²) < 4.78 is 1.86. The second-order valence-corrected chi connectivity index (χ2v) is 7.85. The lowest BCUT2D eigenvalue weighted by atomic mass is 9.89. The van der Waals surface area contributed by atoms with Gasteiger partial charge in [0.25, 0.3) is 5.56 Å². The Bertz CT molecular complexity index is 917. The molecule has 0 amide bonds. The predicted octanol–water partition coefficient (Wildman–Crippen LogP) is 3.06. The van der Waals surface area contributed by atoms with Crippen LogP contribution in [0, 0.1) is 11.3 Å². The van der Waals surface area contributed by atoms with Crippen molar-refractivity contribution < 1.29 is 0 Å². The first kappa shape index (κ1) is 17.3. The number of H-pyrrole nitrogens is 1. The van der Waals surface area contributed by atoms with Gasteiger partial charge in [0.2, 0.25) is 0 Å². The maximum absolute atomic E-state index is 12.6. The van der Waals surface area contributed by atoms with Crippen molar-refractivity contribution >= 4 is 11.0 Å². The zero-order valence-corrected chi connectivity index (χ0v) is 15.7. The highest BCUT2D eigenvalue weighted by Gasteiger charge is 2.33. The minimum absolute atomic E-state index is 0.0315. The number of nitriles is 1. The van der Waals surface area contributed by atoms with E-state index in [1.54, 1.807) is 0 Å². The summed E-state index contributed by atoms with van der Waals surface area (Å²) in [6, 6.07) is 2.98. The molecule has 0 spiro atoms. The summed E-state index contributed by atoms with van der Waals surface area (Å²) in [6.07, 6.45) is 6.72. The molecular formula is C20H27N5O. The van der Waals surface area contributed by atoms with Crippen molar-refractivity contribution in [3.63, 3.8) is 0 Å². The van der Waals surface area contributed by atoms with Crippen molar-refractivity contribution in [2.24, 2.45) is 0 Å². The monoisotopic (exact) mass is 353 g/mol. The largest absolute Gasteiger partial charge is 0.307 e. The molecule has 138 valence electrons. The summed E-state index contributed by atoms with van der Waals surface area (Å²) in [6.45, 7) is 6.10. The van der Waals surface area contributed by atoms with Crippen molar-refractivity contribution in [2.45, 2.75) is 77.4 Å². The summed E-state index contributed by atoms with van der Waals surface area (Å²) in [5.74, 6) is 0. The highest BCUT2D eigenvalue weighted by Crippen LogP contribution is 2.38. The Hall–Kier alpha value is -2.13. The number of pyridine rings is 1. The van der Waals surface area contributed by atoms with Gasteiger partial charge in [-0.1, -0.05) is 0 Å². The van der Waals surface area contributed by atoms with Crippen LogP contribution in [0.1, 0.15) is 68.8 Å². The molecule has 2 aromatic heterocycles. The maximum Gasteiger partial charge on any atom is 0.253 e. The molecule has 4 rings (SSSR count). The van der Waals surface area contributed by atoms with Crippen LogP contribution in [0.3, 0.4) is 0 Å². The molecule has 0 aromatic carbocycles. The van der Waals surface area contributed by atoms with Crippen molar-refractivity contribution in [3.05, 3.63) is 27.2 Å². The molecule has 3 heterocycles. The molecule has 6 nitrogen and oxygen atoms in total. The Balaban J connectivity index is 1.94. The second-order valence-electron chi connectivity index (χ2n) is 7.85. The average Bonchev–Trinajstić information content (AvgIpc) is 3.25. The third-order valence-electron chi connectivity index (χ3n) is 5.96. The quantitative estimate of drug-likeness (QED) is 0.916. The average molecular weight is 353 g/mol. The van der Waals surface area contributed by atoms with Crippen LogP contribution >= 0.6 is 0 Å². The Morgan fingerprint density at radius 3 is 2.77 bits per heavy atom. The van der Waals surface area contributed by atoms with Crippen LogP contribution in [0.4, 0.5) is 0 Å². The van der Waals surface area contributed by atoms with Gasteiger partial charge < -0.3 is 4.98 Å². The number of nitrogens with one attached hydrogen (secondary N) is 1. The highest BCUT2D eigenvalue weighted by atomic mass is 16.1. The number of likely N-dealkylation sites (tertiary alicyclic amines) is 1. The van der Waals surface area contributed by atoms with E-state index in [-0.39, 0.29) is 5.56 Å². The molecule has 2 aliphatic rings. The van der Waals surface area contributed by atoms with E-state index in [1.165, 1.54) is 12.0 Å². The highest BCUT2D eigenvalue weighted by molar-refractivity contribution is 5.84. The Morgan fingerprint density at radius 1 is 1.27 bits per heavy atom. The number of nitrogens with zero attached hydrogens (tertiary/aromatic N) is 4. The van der Waals surface area contributed by atoms with Gasteiger partial charge in [-0.2, -0.15) is 10.4 Å². The molecule has 1 N–H and O–H groups in total. The van der Waals surface area contributed by atoms with Crippen molar-refractivity contribution in [1.82, 2.24) is 19.7 Å². The minimum Gasteiger partial charge on any atom is -0.307 e. The fourth-order valence-corrected chi connectivity index (χ4v) is 4.77. The van der Waals surface area contributed by atoms with Crippen LogP contribution in [-0.4, -0.2) is 32.3 Å². The standard InChI is InChI=1S/C20H27N5O/c1-13(2)24-11-5-9-16(24)18-17-14-7-3-4-8-15(14)20(26)22-19(17)25(23-18)12-6-10-21/h13,16H,3-9,11-12H2,1-2H3,(H,22,26). The third kappa shape index (κ3) is 2.75. The van der Waals surface area contributed by atoms with Crippen LogP contribution in [0.2, 0.25) is 0 Å². The lowest BCUT2D eigenvalue weighted by molar-refractivity contribution is 0.202. The van der Waals surface area contributed by atoms with Crippen LogP contribution < -0.4 is 5.56 Å². The smallest absolute Gasteiger partial charge is 0.253 e. The van der Waals surface area contributed by atoms with Crippen molar-refractivity contribution in [1.29, 1.82) is 5.26 Å². The SMILES string of the molecule is CC(C)N1CCCC1c1nn(CCC#N)c2[nH]c(=O)c3c(c12)CCCC3. The molecular weight excluding hydrogens is 326 g/mol. The molecule has 0 radical (unpaired) electrons. The number of aryl methyl sites for hydroxylation is 2. The van der Waals surface area contributed by atoms with Crippen molar-refractivity contribution in [2.75, 3.05) is 6.54 Å². The van der Waals surface area contributed by atoms with E-state index in [0.717, 1.165) is 60.9 Å². The van der Waals surface area contributed by atoms with Gasteiger partial charge in [0.05, 0.1) is 30.8 Å². The summed E-state index contributed by atoms with van der Waals surface area (Å²) in [5, 5.41) is 15.1. The molecule has 1 aliphatic carbocycles. The fraction of sp³-hybridized carbons (Fsp3) is 0.650. The summed E-state index contributed by atoms with van der Waals surface area (Å²) >= 11 is 0. The van der Waals surface area contributed by atoms with Gasteiger partial charge in [0, 0.05) is 17.0 Å². The summed E-state index contributed by atoms with van der Waals surface area (Å²) in [7, 11) is 0. The first-order valence-electron chi connectivity index (χ1n) is 9.89. The lowest BCUT2D eigenvalue weighted by Gasteiger charge is -2.27. The summed E-state index contributed by atoms with van der Waals surface area (Å²) in [5.41, 5.74) is 4.13. The molecule has 0 bridgehead atoms. The van der Waals surface area contributed by atoms with E-state index in [0.29, 0.717) is 25.0 Å². The van der Waals surface area contributed by atoms with Gasteiger partial charge in [-0.15, -0.1) is 0 Å². The van der Waals surface area contributed by atoms with E-state index < -0.39 is 0 Å². The lowest BCUT2D eigenvalue weighted by Crippen LogP contribution is -2.30. The van der Waals surface area contributed by atoms with E-state index in [9.17, 15) is 4.79 Å². The number of rotatable bonds is 4. The van der Waals surface area contributed by atoms with Crippen LogP contribution in [0.5, 0.6) is 0 Å². The molecule has 26 heavy (non-hydrogen) atoms. The maximum atomic E-state index is 12.6. The number of aromatic nitrogens is 3. The molecule has 1 unspecified atom stereocenters. The fourth-order valence-electron chi connectivity index (χ4n) is 4.77. The molecule has 2 aromatic rings. The van der Waals surface area contributed by atoms with Crippen molar-refractivity contribution in [3.8, 4) is 6.07 Å². The summed E-state index contributed by atoms with van der Waals surface area (Å²) in [4.78, 5) is 18.3. The normalized spacial score (nSPS) is 20.6. The minimum atomic E-state index is 0.0315. The van der Waals surface area contributed by atoms with Gasteiger partial charge in [-0.25, -0.2) is 4.68 Å². The van der Waals surface area contributed by atoms with Gasteiger partial charge >= 0.3 is 0 Å². The molecule has 1 saturated heterocycles.